The van der Waals surface area contributed by atoms with E-state index in [0.717, 1.165) is 38.2 Å². The second kappa shape index (κ2) is 5.71. The second-order valence-electron chi connectivity index (χ2n) is 5.54. The first-order valence-corrected chi connectivity index (χ1v) is 6.99. The average Bonchev–Trinajstić information content (AvgIpc) is 2.82. The number of piperazine rings is 1. The molecule has 1 saturated carbocycles. The zero-order chi connectivity index (χ0) is 12.3. The first kappa shape index (κ1) is 12.7. The molecule has 0 unspecified atom stereocenters. The van der Waals surface area contributed by atoms with Gasteiger partial charge in [-0.2, -0.15) is 0 Å². The zero-order valence-corrected chi connectivity index (χ0v) is 11.2. The average molecular weight is 238 g/mol. The predicted octanol–water partition coefficient (Wildman–Crippen LogP) is 1.27. The minimum Gasteiger partial charge on any atom is -0.370 e. The van der Waals surface area contributed by atoms with Crippen molar-refractivity contribution < 1.29 is 0 Å². The number of aliphatic imine (C=N–C) groups is 1. The lowest BCUT2D eigenvalue weighted by Crippen LogP contribution is -2.53. The van der Waals surface area contributed by atoms with Crippen LogP contribution in [0.15, 0.2) is 4.99 Å². The summed E-state index contributed by atoms with van der Waals surface area (Å²) in [6, 6.07) is 1.14. The van der Waals surface area contributed by atoms with Crippen LogP contribution in [-0.4, -0.2) is 54.0 Å². The molecular weight excluding hydrogens is 212 g/mol. The summed E-state index contributed by atoms with van der Waals surface area (Å²) in [4.78, 5) is 9.30. The Morgan fingerprint density at radius 1 is 1.12 bits per heavy atom. The van der Waals surface area contributed by atoms with Crippen LogP contribution in [0.1, 0.15) is 39.5 Å². The van der Waals surface area contributed by atoms with Crippen molar-refractivity contribution >= 4 is 5.96 Å². The molecule has 4 nitrogen and oxygen atoms in total. The topological polar surface area (TPSA) is 44.9 Å². The third-order valence-corrected chi connectivity index (χ3v) is 3.87. The standard InChI is InChI=1S/C13H26N4/c1-11(2)15-13(14)17-9-7-16(8-10-17)12-5-3-4-6-12/h11-12H,3-10H2,1-2H3,(H2,14,15). The third-order valence-electron chi connectivity index (χ3n) is 3.87. The summed E-state index contributed by atoms with van der Waals surface area (Å²) in [7, 11) is 0. The lowest BCUT2D eigenvalue weighted by atomic mass is 10.2. The van der Waals surface area contributed by atoms with E-state index in [1.165, 1.54) is 25.7 Å². The van der Waals surface area contributed by atoms with Crippen LogP contribution in [0.2, 0.25) is 0 Å². The molecule has 2 rings (SSSR count). The van der Waals surface area contributed by atoms with E-state index in [0.29, 0.717) is 6.04 Å². The molecule has 1 aliphatic heterocycles. The fourth-order valence-electron chi connectivity index (χ4n) is 2.93. The normalized spacial score (nSPS) is 24.9. The van der Waals surface area contributed by atoms with Crippen LogP contribution in [0.25, 0.3) is 0 Å². The van der Waals surface area contributed by atoms with Gasteiger partial charge < -0.3 is 10.6 Å². The summed E-state index contributed by atoms with van der Waals surface area (Å²) in [6.45, 7) is 8.53. The van der Waals surface area contributed by atoms with E-state index in [1.807, 2.05) is 0 Å². The van der Waals surface area contributed by atoms with E-state index in [9.17, 15) is 0 Å². The van der Waals surface area contributed by atoms with Gasteiger partial charge in [0, 0.05) is 38.3 Å². The SMILES string of the molecule is CC(C)N=C(N)N1CCN(C2CCCC2)CC1. The van der Waals surface area contributed by atoms with E-state index in [-0.39, 0.29) is 0 Å². The molecule has 2 aliphatic rings. The number of nitrogens with two attached hydrogens (primary N) is 1. The monoisotopic (exact) mass is 238 g/mol. The molecule has 2 N–H and O–H groups in total. The molecule has 0 bridgehead atoms. The van der Waals surface area contributed by atoms with Crippen molar-refractivity contribution in [3.63, 3.8) is 0 Å². The number of rotatable bonds is 2. The van der Waals surface area contributed by atoms with Crippen LogP contribution in [0.5, 0.6) is 0 Å². The largest absolute Gasteiger partial charge is 0.370 e. The van der Waals surface area contributed by atoms with Gasteiger partial charge in [0.1, 0.15) is 0 Å². The van der Waals surface area contributed by atoms with Crippen molar-refractivity contribution in [2.24, 2.45) is 10.7 Å². The number of hydrogen-bond acceptors (Lipinski definition) is 2. The van der Waals surface area contributed by atoms with Crippen LogP contribution >= 0.6 is 0 Å². The molecule has 17 heavy (non-hydrogen) atoms. The Hall–Kier alpha value is -0.770. The predicted molar refractivity (Wildman–Crippen MR) is 72.2 cm³/mol. The van der Waals surface area contributed by atoms with Crippen LogP contribution in [0, 0.1) is 0 Å². The molecule has 0 aromatic heterocycles. The number of nitrogens with zero attached hydrogens (tertiary/aromatic N) is 3. The first-order valence-electron chi connectivity index (χ1n) is 6.99. The van der Waals surface area contributed by atoms with Crippen LogP contribution in [-0.2, 0) is 0 Å². The summed E-state index contributed by atoms with van der Waals surface area (Å²) in [5, 5.41) is 0. The highest BCUT2D eigenvalue weighted by molar-refractivity contribution is 5.78. The van der Waals surface area contributed by atoms with E-state index < -0.39 is 0 Å². The van der Waals surface area contributed by atoms with Gasteiger partial charge in [-0.05, 0) is 26.7 Å². The Balaban J connectivity index is 1.81. The van der Waals surface area contributed by atoms with Gasteiger partial charge in [0.2, 0.25) is 0 Å². The fourth-order valence-corrected chi connectivity index (χ4v) is 2.93. The van der Waals surface area contributed by atoms with Gasteiger partial charge in [-0.25, -0.2) is 0 Å². The van der Waals surface area contributed by atoms with Gasteiger partial charge in [0.05, 0.1) is 0 Å². The van der Waals surface area contributed by atoms with Crippen molar-refractivity contribution in [2.45, 2.75) is 51.6 Å². The van der Waals surface area contributed by atoms with Crippen molar-refractivity contribution in [2.75, 3.05) is 26.2 Å². The summed E-state index contributed by atoms with van der Waals surface area (Å²) >= 11 is 0. The molecule has 2 fully saturated rings. The van der Waals surface area contributed by atoms with Gasteiger partial charge in [0.15, 0.2) is 5.96 Å². The minimum absolute atomic E-state index is 0.294. The highest BCUT2D eigenvalue weighted by atomic mass is 15.3. The Morgan fingerprint density at radius 3 is 2.24 bits per heavy atom. The Morgan fingerprint density at radius 2 is 1.71 bits per heavy atom. The van der Waals surface area contributed by atoms with Crippen LogP contribution in [0.3, 0.4) is 0 Å². The van der Waals surface area contributed by atoms with Gasteiger partial charge in [-0.3, -0.25) is 9.89 Å². The van der Waals surface area contributed by atoms with Crippen molar-refractivity contribution in [3.8, 4) is 0 Å². The van der Waals surface area contributed by atoms with E-state index in [1.54, 1.807) is 0 Å². The molecule has 0 amide bonds. The molecule has 1 aliphatic carbocycles. The van der Waals surface area contributed by atoms with Crippen LogP contribution in [0.4, 0.5) is 0 Å². The molecule has 0 aromatic carbocycles. The Bertz CT molecular complexity index is 261. The molecule has 0 radical (unpaired) electrons. The maximum absolute atomic E-state index is 6.01. The van der Waals surface area contributed by atoms with Crippen LogP contribution < -0.4 is 5.73 Å². The van der Waals surface area contributed by atoms with Crippen molar-refractivity contribution in [1.82, 2.24) is 9.80 Å². The molecule has 0 aromatic rings. The second-order valence-corrected chi connectivity index (χ2v) is 5.54. The maximum Gasteiger partial charge on any atom is 0.191 e. The van der Waals surface area contributed by atoms with E-state index in [4.69, 9.17) is 5.73 Å². The van der Waals surface area contributed by atoms with Gasteiger partial charge in [0.25, 0.3) is 0 Å². The van der Waals surface area contributed by atoms with E-state index in [2.05, 4.69) is 28.6 Å². The quantitative estimate of drug-likeness (QED) is 0.582. The summed E-state index contributed by atoms with van der Waals surface area (Å²) in [6.07, 6.45) is 5.63. The molecule has 0 spiro atoms. The fraction of sp³-hybridized carbons (Fsp3) is 0.923. The summed E-state index contributed by atoms with van der Waals surface area (Å²) in [5.74, 6) is 0.728. The summed E-state index contributed by atoms with van der Waals surface area (Å²) < 4.78 is 0. The van der Waals surface area contributed by atoms with E-state index >= 15 is 0 Å². The molecule has 1 saturated heterocycles. The smallest absolute Gasteiger partial charge is 0.191 e. The van der Waals surface area contributed by atoms with Gasteiger partial charge >= 0.3 is 0 Å². The first-order chi connectivity index (χ1) is 8.16. The molecule has 1 heterocycles. The number of guanidine groups is 1. The highest BCUT2D eigenvalue weighted by Crippen LogP contribution is 2.24. The summed E-state index contributed by atoms with van der Waals surface area (Å²) in [5.41, 5.74) is 6.01. The maximum atomic E-state index is 6.01. The van der Waals surface area contributed by atoms with Gasteiger partial charge in [-0.1, -0.05) is 12.8 Å². The highest BCUT2D eigenvalue weighted by Gasteiger charge is 2.26. The molecule has 98 valence electrons. The van der Waals surface area contributed by atoms with Crippen molar-refractivity contribution in [3.05, 3.63) is 0 Å². The molecule has 4 heteroatoms. The molecular formula is C13H26N4. The zero-order valence-electron chi connectivity index (χ0n) is 11.2. The minimum atomic E-state index is 0.294. The third kappa shape index (κ3) is 3.35. The number of hydrogen-bond donors (Lipinski definition) is 1. The lowest BCUT2D eigenvalue weighted by Gasteiger charge is -2.38. The van der Waals surface area contributed by atoms with Gasteiger partial charge in [-0.15, -0.1) is 0 Å². The Kier molecular flexibility index (Phi) is 4.26. The Labute approximate surface area is 105 Å². The lowest BCUT2D eigenvalue weighted by molar-refractivity contribution is 0.133. The molecule has 0 atom stereocenters. The van der Waals surface area contributed by atoms with Crippen molar-refractivity contribution in [1.29, 1.82) is 0 Å².